The third-order valence-electron chi connectivity index (χ3n) is 6.53. The van der Waals surface area contributed by atoms with Crippen LogP contribution in [0.1, 0.15) is 26.7 Å². The zero-order valence-electron chi connectivity index (χ0n) is 23.7. The molecule has 5 aromatic carbocycles. The third kappa shape index (κ3) is 8.52. The van der Waals surface area contributed by atoms with E-state index < -0.39 is 34.6 Å². The summed E-state index contributed by atoms with van der Waals surface area (Å²) in [6, 6.07) is 35.8. The summed E-state index contributed by atoms with van der Waals surface area (Å²) in [6.45, 7) is 0. The number of hydrogen-bond acceptors (Lipinski definition) is 4. The van der Waals surface area contributed by atoms with E-state index in [-0.39, 0.29) is 11.4 Å². The molecule has 1 atom stereocenters. The Kier molecular flexibility index (Phi) is 10.1. The van der Waals surface area contributed by atoms with Crippen molar-refractivity contribution in [2.24, 2.45) is 0 Å². The molecular formula is C36H27F2N3O3S. The lowest BCUT2D eigenvalue weighted by Crippen LogP contribution is -2.30. The summed E-state index contributed by atoms with van der Waals surface area (Å²) in [5.74, 6) is -2.50. The maximum Gasteiger partial charge on any atom is 0.272 e. The lowest BCUT2D eigenvalue weighted by molar-refractivity contribution is -0.116. The van der Waals surface area contributed by atoms with Gasteiger partial charge in [-0.05, 0) is 71.8 Å². The molecule has 0 bridgehead atoms. The molecule has 0 fully saturated rings. The number of nitrogens with one attached hydrogen (secondary N) is 3. The van der Waals surface area contributed by atoms with Crippen molar-refractivity contribution in [1.29, 1.82) is 0 Å². The van der Waals surface area contributed by atoms with E-state index in [1.54, 1.807) is 66.7 Å². The van der Waals surface area contributed by atoms with Gasteiger partial charge in [0.25, 0.3) is 11.8 Å². The first-order chi connectivity index (χ1) is 21.9. The summed E-state index contributed by atoms with van der Waals surface area (Å²) in [4.78, 5) is 40.5. The van der Waals surface area contributed by atoms with Crippen molar-refractivity contribution in [1.82, 2.24) is 5.32 Å². The molecule has 3 N–H and O–H groups in total. The second kappa shape index (κ2) is 14.8. The number of anilines is 2. The topological polar surface area (TPSA) is 87.3 Å². The summed E-state index contributed by atoms with van der Waals surface area (Å²) in [7, 11) is 0. The first-order valence-electron chi connectivity index (χ1n) is 13.9. The number of amides is 3. The average molecular weight is 620 g/mol. The van der Waals surface area contributed by atoms with E-state index in [4.69, 9.17) is 0 Å². The van der Waals surface area contributed by atoms with E-state index in [2.05, 4.69) is 16.0 Å². The molecule has 5 rings (SSSR count). The van der Waals surface area contributed by atoms with Crippen LogP contribution in [-0.4, -0.2) is 17.7 Å². The number of thioether (sulfide) groups is 1. The molecule has 224 valence electrons. The number of hydrogen-bond donors (Lipinski definition) is 3. The monoisotopic (exact) mass is 619 g/mol. The Bertz CT molecular complexity index is 1830. The molecule has 9 heteroatoms. The Labute approximate surface area is 263 Å². The highest BCUT2D eigenvalue weighted by molar-refractivity contribution is 8.00. The van der Waals surface area contributed by atoms with Crippen LogP contribution in [0.2, 0.25) is 0 Å². The van der Waals surface area contributed by atoms with E-state index in [1.807, 2.05) is 30.3 Å². The standard InChI is InChI=1S/C36H27F2N3O3S/c37-27-20-18-24(19-21-27)22-32(41-34(42)26-12-5-2-6-13-26)35(43)39-28-14-9-15-29(23-28)45-33(25-10-3-1-4-11-25)36(44)40-31-17-8-7-16-30(31)38/h1-23,33H,(H,39,43)(H,40,44)(H,41,42)/b32-22-. The van der Waals surface area contributed by atoms with Crippen molar-refractivity contribution in [3.05, 3.63) is 167 Å². The van der Waals surface area contributed by atoms with Crippen molar-refractivity contribution in [2.45, 2.75) is 10.1 Å². The zero-order chi connectivity index (χ0) is 31.6. The third-order valence-corrected chi connectivity index (χ3v) is 7.78. The van der Waals surface area contributed by atoms with Crippen LogP contribution in [0.5, 0.6) is 0 Å². The van der Waals surface area contributed by atoms with Crippen molar-refractivity contribution < 1.29 is 23.2 Å². The Morgan fingerprint density at radius 1 is 0.689 bits per heavy atom. The van der Waals surface area contributed by atoms with E-state index in [0.717, 1.165) is 0 Å². The van der Waals surface area contributed by atoms with E-state index >= 15 is 0 Å². The van der Waals surface area contributed by atoms with Gasteiger partial charge in [0.1, 0.15) is 22.6 Å². The van der Waals surface area contributed by atoms with Crippen LogP contribution in [0.15, 0.2) is 144 Å². The van der Waals surface area contributed by atoms with Gasteiger partial charge in [-0.1, -0.05) is 78.9 Å². The normalized spacial score (nSPS) is 11.7. The minimum Gasteiger partial charge on any atom is -0.322 e. The molecule has 0 saturated heterocycles. The molecular weight excluding hydrogens is 592 g/mol. The summed E-state index contributed by atoms with van der Waals surface area (Å²) >= 11 is 1.23. The molecule has 0 aliphatic rings. The molecule has 0 aromatic heterocycles. The van der Waals surface area contributed by atoms with Crippen molar-refractivity contribution >= 4 is 46.9 Å². The number of para-hydroxylation sites is 1. The molecule has 0 radical (unpaired) electrons. The molecule has 0 aliphatic heterocycles. The smallest absolute Gasteiger partial charge is 0.272 e. The summed E-state index contributed by atoms with van der Waals surface area (Å²) in [6.07, 6.45) is 1.45. The predicted octanol–water partition coefficient (Wildman–Crippen LogP) is 7.85. The van der Waals surface area contributed by atoms with Gasteiger partial charge in [-0.2, -0.15) is 0 Å². The summed E-state index contributed by atoms with van der Waals surface area (Å²) < 4.78 is 27.8. The van der Waals surface area contributed by atoms with Crippen LogP contribution < -0.4 is 16.0 Å². The van der Waals surface area contributed by atoms with E-state index in [1.165, 1.54) is 54.2 Å². The highest BCUT2D eigenvalue weighted by atomic mass is 32.2. The first-order valence-corrected chi connectivity index (χ1v) is 14.8. The van der Waals surface area contributed by atoms with Crippen LogP contribution in [0.3, 0.4) is 0 Å². The minimum atomic E-state index is -0.740. The van der Waals surface area contributed by atoms with Crippen LogP contribution in [-0.2, 0) is 9.59 Å². The lowest BCUT2D eigenvalue weighted by Gasteiger charge is -2.18. The van der Waals surface area contributed by atoms with Gasteiger partial charge in [-0.15, -0.1) is 11.8 Å². The fourth-order valence-electron chi connectivity index (χ4n) is 4.31. The minimum absolute atomic E-state index is 0.0556. The average Bonchev–Trinajstić information content (AvgIpc) is 3.06. The van der Waals surface area contributed by atoms with Gasteiger partial charge >= 0.3 is 0 Å². The van der Waals surface area contributed by atoms with Gasteiger partial charge in [0.2, 0.25) is 5.91 Å². The lowest BCUT2D eigenvalue weighted by atomic mass is 10.1. The van der Waals surface area contributed by atoms with Crippen molar-refractivity contribution in [3.63, 3.8) is 0 Å². The Morgan fingerprint density at radius 3 is 2.07 bits per heavy atom. The van der Waals surface area contributed by atoms with Gasteiger partial charge in [-0.3, -0.25) is 14.4 Å². The van der Waals surface area contributed by atoms with Crippen LogP contribution >= 0.6 is 11.8 Å². The molecule has 5 aromatic rings. The summed E-state index contributed by atoms with van der Waals surface area (Å²) in [5.41, 5.74) is 1.99. The molecule has 0 aliphatic carbocycles. The number of rotatable bonds is 10. The SMILES string of the molecule is O=C(Nc1cccc(SC(C(=O)Nc2ccccc2F)c2ccccc2)c1)/C(=C/c1ccc(F)cc1)NC(=O)c1ccccc1. The number of carbonyl (C=O) groups is 3. The van der Waals surface area contributed by atoms with Gasteiger partial charge in [0, 0.05) is 16.1 Å². The van der Waals surface area contributed by atoms with Gasteiger partial charge in [-0.25, -0.2) is 8.78 Å². The first kappa shape index (κ1) is 30.9. The quantitative estimate of drug-likeness (QED) is 0.110. The van der Waals surface area contributed by atoms with Gasteiger partial charge in [0.15, 0.2) is 0 Å². The molecule has 45 heavy (non-hydrogen) atoms. The molecule has 0 spiro atoms. The van der Waals surface area contributed by atoms with Crippen LogP contribution in [0.4, 0.5) is 20.2 Å². The highest BCUT2D eigenvalue weighted by Crippen LogP contribution is 2.37. The van der Waals surface area contributed by atoms with E-state index in [0.29, 0.717) is 27.3 Å². The van der Waals surface area contributed by atoms with Crippen molar-refractivity contribution in [2.75, 3.05) is 10.6 Å². The van der Waals surface area contributed by atoms with Crippen molar-refractivity contribution in [3.8, 4) is 0 Å². The molecule has 0 saturated carbocycles. The second-order valence-corrected chi connectivity index (χ2v) is 11.0. The number of benzene rings is 5. The van der Waals surface area contributed by atoms with Gasteiger partial charge in [0.05, 0.1) is 5.69 Å². The molecule has 6 nitrogen and oxygen atoms in total. The number of halogens is 2. The largest absolute Gasteiger partial charge is 0.322 e. The zero-order valence-corrected chi connectivity index (χ0v) is 24.6. The Morgan fingerprint density at radius 2 is 1.36 bits per heavy atom. The summed E-state index contributed by atoms with van der Waals surface area (Å²) in [5, 5.41) is 7.39. The maximum atomic E-state index is 14.3. The number of carbonyl (C=O) groups excluding carboxylic acids is 3. The second-order valence-electron chi connectivity index (χ2n) is 9.79. The molecule has 0 heterocycles. The predicted molar refractivity (Wildman–Crippen MR) is 173 cm³/mol. The van der Waals surface area contributed by atoms with Crippen LogP contribution in [0, 0.1) is 11.6 Å². The fraction of sp³-hybridized carbons (Fsp3) is 0.0278. The van der Waals surface area contributed by atoms with Crippen LogP contribution in [0.25, 0.3) is 6.08 Å². The molecule has 3 amide bonds. The Balaban J connectivity index is 1.37. The highest BCUT2D eigenvalue weighted by Gasteiger charge is 2.23. The Hall–Kier alpha value is -5.54. The molecule has 1 unspecified atom stereocenters. The van der Waals surface area contributed by atoms with E-state index in [9.17, 15) is 23.2 Å². The van der Waals surface area contributed by atoms with Gasteiger partial charge < -0.3 is 16.0 Å². The maximum absolute atomic E-state index is 14.3. The fourth-order valence-corrected chi connectivity index (χ4v) is 5.39.